The predicted octanol–water partition coefficient (Wildman–Crippen LogP) is 5.77. The molecular weight excluding hydrogens is 530 g/mol. The van der Waals surface area contributed by atoms with Crippen LogP contribution in [-0.4, -0.2) is 51.7 Å². The number of amidine groups is 1. The molecule has 1 saturated heterocycles. The van der Waals surface area contributed by atoms with Crippen molar-refractivity contribution < 1.29 is 31.6 Å². The molecule has 0 bridgehead atoms. The van der Waals surface area contributed by atoms with Crippen molar-refractivity contribution in [3.8, 4) is 0 Å². The lowest BCUT2D eigenvalue weighted by molar-refractivity contribution is -0.275. The minimum absolute atomic E-state index is 0.0347. The number of benzene rings is 1. The van der Waals surface area contributed by atoms with Crippen molar-refractivity contribution in [1.29, 1.82) is 0 Å². The van der Waals surface area contributed by atoms with Crippen molar-refractivity contribution in [2.75, 3.05) is 13.1 Å². The van der Waals surface area contributed by atoms with Gasteiger partial charge in [0.15, 0.2) is 0 Å². The van der Waals surface area contributed by atoms with E-state index in [0.717, 1.165) is 17.7 Å². The molecule has 1 aromatic heterocycles. The Balaban J connectivity index is 1.33. The van der Waals surface area contributed by atoms with Crippen molar-refractivity contribution in [2.24, 2.45) is 5.16 Å². The molecular formula is C23H19Cl2F5N4O2. The minimum atomic E-state index is -4.81. The number of fused-ring (bicyclic) bond motifs is 1. The first kappa shape index (κ1) is 25.0. The van der Waals surface area contributed by atoms with Crippen LogP contribution in [0.2, 0.25) is 10.0 Å². The van der Waals surface area contributed by atoms with Crippen LogP contribution in [0.3, 0.4) is 0 Å². The van der Waals surface area contributed by atoms with Crippen LogP contribution in [-0.2, 0) is 23.5 Å². The Morgan fingerprint density at radius 2 is 1.64 bits per heavy atom. The molecule has 3 aliphatic heterocycles. The molecule has 1 unspecified atom stereocenters. The van der Waals surface area contributed by atoms with Gasteiger partial charge in [0.2, 0.25) is 0 Å². The summed E-state index contributed by atoms with van der Waals surface area (Å²) in [5, 5.41) is 3.84. The third-order valence-corrected chi connectivity index (χ3v) is 7.11. The molecule has 36 heavy (non-hydrogen) atoms. The molecule has 1 atom stereocenters. The lowest BCUT2D eigenvalue weighted by Crippen LogP contribution is -2.43. The third-order valence-electron chi connectivity index (χ3n) is 6.67. The number of pyridine rings is 1. The van der Waals surface area contributed by atoms with E-state index in [2.05, 4.69) is 10.1 Å². The van der Waals surface area contributed by atoms with Gasteiger partial charge in [-0.15, -0.1) is 0 Å². The van der Waals surface area contributed by atoms with E-state index in [4.69, 9.17) is 28.0 Å². The number of alkyl halides is 5. The fourth-order valence-corrected chi connectivity index (χ4v) is 5.15. The van der Waals surface area contributed by atoms with Gasteiger partial charge in [0, 0.05) is 60.8 Å². The van der Waals surface area contributed by atoms with Gasteiger partial charge in [-0.1, -0.05) is 28.4 Å². The Kier molecular flexibility index (Phi) is 6.06. The molecule has 5 rings (SSSR count). The van der Waals surface area contributed by atoms with E-state index in [-0.39, 0.29) is 53.3 Å². The summed E-state index contributed by atoms with van der Waals surface area (Å²) in [6, 6.07) is 5.17. The summed E-state index contributed by atoms with van der Waals surface area (Å²) in [4.78, 5) is 24.9. The number of nitrogens with zero attached hydrogens (tertiary/aromatic N) is 4. The minimum Gasteiger partial charge on any atom is -0.372 e. The summed E-state index contributed by atoms with van der Waals surface area (Å²) < 4.78 is 69.6. The summed E-state index contributed by atoms with van der Waals surface area (Å²) in [7, 11) is 0. The van der Waals surface area contributed by atoms with Crippen molar-refractivity contribution in [2.45, 2.75) is 50.1 Å². The fraction of sp³-hybridized carbons (Fsp3) is 0.435. The molecule has 2 aromatic rings. The van der Waals surface area contributed by atoms with E-state index < -0.39 is 42.9 Å². The first-order chi connectivity index (χ1) is 16.9. The van der Waals surface area contributed by atoms with Gasteiger partial charge >= 0.3 is 6.18 Å². The van der Waals surface area contributed by atoms with Crippen molar-refractivity contribution in [3.63, 3.8) is 0 Å². The normalized spacial score (nSPS) is 23.4. The highest BCUT2D eigenvalue weighted by molar-refractivity contribution is 6.34. The molecule has 1 amide bonds. The van der Waals surface area contributed by atoms with Gasteiger partial charge in [-0.2, -0.15) is 13.2 Å². The Morgan fingerprint density at radius 1 is 1.00 bits per heavy atom. The zero-order valence-corrected chi connectivity index (χ0v) is 20.1. The second kappa shape index (κ2) is 8.72. The predicted molar refractivity (Wildman–Crippen MR) is 121 cm³/mol. The highest BCUT2D eigenvalue weighted by Gasteiger charge is 2.63. The number of amides is 1. The lowest BCUT2D eigenvalue weighted by atomic mass is 9.89. The molecule has 0 saturated carbocycles. The van der Waals surface area contributed by atoms with E-state index in [0.29, 0.717) is 5.56 Å². The summed E-state index contributed by atoms with van der Waals surface area (Å²) in [5.74, 6) is -3.16. The molecule has 0 spiro atoms. The maximum Gasteiger partial charge on any atom is 0.435 e. The molecule has 4 heterocycles. The quantitative estimate of drug-likeness (QED) is 0.447. The average Bonchev–Trinajstić information content (AvgIpc) is 3.42. The Bertz CT molecular complexity index is 1230. The topological polar surface area (TPSA) is 58.0 Å². The first-order valence-corrected chi connectivity index (χ1v) is 11.8. The van der Waals surface area contributed by atoms with Crippen LogP contribution in [0.4, 0.5) is 22.0 Å². The van der Waals surface area contributed by atoms with E-state index >= 15 is 0 Å². The number of aromatic nitrogens is 1. The third kappa shape index (κ3) is 4.47. The van der Waals surface area contributed by atoms with Gasteiger partial charge in [-0.05, 0) is 35.4 Å². The van der Waals surface area contributed by atoms with E-state index in [1.54, 1.807) is 11.0 Å². The van der Waals surface area contributed by atoms with Gasteiger partial charge in [0.1, 0.15) is 11.5 Å². The van der Waals surface area contributed by atoms with Crippen molar-refractivity contribution in [1.82, 2.24) is 14.8 Å². The average molecular weight is 549 g/mol. The molecule has 0 N–H and O–H groups in total. The van der Waals surface area contributed by atoms with Gasteiger partial charge in [-0.3, -0.25) is 9.78 Å². The van der Waals surface area contributed by atoms with Gasteiger partial charge in [-0.25, -0.2) is 8.78 Å². The molecule has 3 aliphatic rings. The Labute approximate surface area is 212 Å². The number of hydrogen-bond acceptors (Lipinski definition) is 5. The van der Waals surface area contributed by atoms with Gasteiger partial charge in [0.25, 0.3) is 17.4 Å². The van der Waals surface area contributed by atoms with Crippen LogP contribution in [0.5, 0.6) is 0 Å². The zero-order valence-electron chi connectivity index (χ0n) is 18.6. The maximum absolute atomic E-state index is 14.3. The number of hydrogen-bond donors (Lipinski definition) is 0. The number of oxime groups is 1. The van der Waals surface area contributed by atoms with Crippen LogP contribution in [0.15, 0.2) is 35.6 Å². The zero-order chi connectivity index (χ0) is 25.9. The molecule has 1 aromatic carbocycles. The van der Waals surface area contributed by atoms with E-state index in [1.807, 2.05) is 0 Å². The molecule has 6 nitrogen and oxygen atoms in total. The van der Waals surface area contributed by atoms with Gasteiger partial charge in [0.05, 0.1) is 6.42 Å². The SMILES string of the molecule is O=C(c1cc2c(cn1)CN(C1=NOC(c3cc(Cl)cc(Cl)c3)(C(F)(F)F)C1)C2)N1CCC(F)(F)CC1. The second-order valence-corrected chi connectivity index (χ2v) is 9.97. The number of rotatable bonds is 2. The molecule has 13 heteroatoms. The van der Waals surface area contributed by atoms with Gasteiger partial charge < -0.3 is 14.6 Å². The van der Waals surface area contributed by atoms with E-state index in [9.17, 15) is 26.7 Å². The Hall–Kier alpha value is -2.66. The standard InChI is InChI=1S/C23H19Cl2F5N4O2/c24-16-6-15(7-17(25)8-16)22(23(28,29)30)9-19(32-36-22)34-11-13-5-18(31-10-14(13)12-34)20(35)33-3-1-21(26,27)2-4-33/h5-8,10H,1-4,9,11-12H2. The van der Waals surface area contributed by atoms with Crippen molar-refractivity contribution in [3.05, 3.63) is 62.9 Å². The molecule has 0 aliphatic carbocycles. The summed E-state index contributed by atoms with van der Waals surface area (Å²) in [6.45, 7) is 0.262. The van der Waals surface area contributed by atoms with Crippen LogP contribution < -0.4 is 0 Å². The van der Waals surface area contributed by atoms with Crippen molar-refractivity contribution >= 4 is 34.9 Å². The monoisotopic (exact) mass is 548 g/mol. The largest absolute Gasteiger partial charge is 0.435 e. The summed E-state index contributed by atoms with van der Waals surface area (Å²) in [5.41, 5.74) is -1.50. The smallest absolute Gasteiger partial charge is 0.372 e. The Morgan fingerprint density at radius 3 is 2.28 bits per heavy atom. The van der Waals surface area contributed by atoms with E-state index in [1.165, 1.54) is 17.2 Å². The molecule has 0 radical (unpaired) electrons. The highest BCUT2D eigenvalue weighted by atomic mass is 35.5. The first-order valence-electron chi connectivity index (χ1n) is 11.1. The highest BCUT2D eigenvalue weighted by Crippen LogP contribution is 2.50. The van der Waals surface area contributed by atoms with Crippen LogP contribution >= 0.6 is 23.2 Å². The van der Waals surface area contributed by atoms with Crippen LogP contribution in [0, 0.1) is 0 Å². The summed E-state index contributed by atoms with van der Waals surface area (Å²) in [6.07, 6.45) is -4.75. The number of carbonyl (C=O) groups excluding carboxylic acids is 1. The molecule has 1 fully saturated rings. The number of likely N-dealkylation sites (tertiary alicyclic amines) is 1. The van der Waals surface area contributed by atoms with Crippen LogP contribution in [0.25, 0.3) is 0 Å². The van der Waals surface area contributed by atoms with Crippen LogP contribution in [0.1, 0.15) is 46.4 Å². The number of carbonyl (C=O) groups is 1. The number of piperidine rings is 1. The summed E-state index contributed by atoms with van der Waals surface area (Å²) >= 11 is 11.9. The fourth-order valence-electron chi connectivity index (χ4n) is 4.63. The lowest BCUT2D eigenvalue weighted by Gasteiger charge is -2.31. The molecule has 192 valence electrons. The maximum atomic E-state index is 14.3. The second-order valence-electron chi connectivity index (χ2n) is 9.10. The number of halogens is 7.